The molecular formula is C27H38N2O5. The van der Waals surface area contributed by atoms with Crippen molar-refractivity contribution in [2.75, 3.05) is 45.9 Å². The van der Waals surface area contributed by atoms with Crippen LogP contribution in [0.2, 0.25) is 0 Å². The third-order valence-electron chi connectivity index (χ3n) is 6.60. The van der Waals surface area contributed by atoms with Crippen LogP contribution in [0.15, 0.2) is 36.9 Å². The van der Waals surface area contributed by atoms with Gasteiger partial charge in [0, 0.05) is 50.7 Å². The number of aliphatic hydroxyl groups is 1. The molecule has 1 aromatic rings. The lowest BCUT2D eigenvalue weighted by Crippen LogP contribution is -2.48. The van der Waals surface area contributed by atoms with Crippen LogP contribution in [-0.2, 0) is 20.9 Å². The molecule has 0 spiro atoms. The number of hydrogen-bond acceptors (Lipinski definition) is 7. The molecule has 34 heavy (non-hydrogen) atoms. The molecule has 2 aliphatic rings. The number of carbonyl (C=O) groups is 2. The van der Waals surface area contributed by atoms with E-state index in [9.17, 15) is 14.7 Å². The van der Waals surface area contributed by atoms with Gasteiger partial charge in [-0.2, -0.15) is 0 Å². The van der Waals surface area contributed by atoms with Gasteiger partial charge in [-0.15, -0.1) is 6.58 Å². The highest BCUT2D eigenvalue weighted by Gasteiger charge is 2.27. The number of β-amino-alcohol motifs (C(OH)–C–C–N with tert-alkyl or cyclic N) is 1. The zero-order chi connectivity index (χ0) is 24.7. The number of hydrogen-bond donors (Lipinski definition) is 1. The standard InChI is InChI=1S/C27H38N2O5/c1-5-6-26(31)33-17-20(3)8-7-19(2)15-28-11-13-29(14-12-28)16-25(30)22-9-10-23-24(21(22)4)18-34-27(23)32/h5,7-10,19-20,25,30H,1,6,11-18H2,2-4H3/b8-7+. The maximum absolute atomic E-state index is 11.8. The molecule has 3 rings (SSSR count). The molecule has 1 fully saturated rings. The van der Waals surface area contributed by atoms with Gasteiger partial charge in [0.25, 0.3) is 0 Å². The van der Waals surface area contributed by atoms with Crippen LogP contribution in [0, 0.1) is 18.8 Å². The van der Waals surface area contributed by atoms with Crippen molar-refractivity contribution in [3.63, 3.8) is 0 Å². The maximum atomic E-state index is 11.8. The molecule has 0 aliphatic carbocycles. The number of fused-ring (bicyclic) bond motifs is 1. The fraction of sp³-hybridized carbons (Fsp3) is 0.556. The highest BCUT2D eigenvalue weighted by atomic mass is 16.5. The predicted molar refractivity (Wildman–Crippen MR) is 131 cm³/mol. The summed E-state index contributed by atoms with van der Waals surface area (Å²) in [5, 5.41) is 10.9. The molecule has 186 valence electrons. The van der Waals surface area contributed by atoms with E-state index in [1.165, 1.54) is 0 Å². The molecule has 3 unspecified atom stereocenters. The third-order valence-corrected chi connectivity index (χ3v) is 6.60. The molecule has 0 aromatic heterocycles. The number of esters is 2. The fourth-order valence-electron chi connectivity index (χ4n) is 4.53. The summed E-state index contributed by atoms with van der Waals surface area (Å²) in [5.41, 5.74) is 3.35. The van der Waals surface area contributed by atoms with E-state index in [2.05, 4.69) is 35.5 Å². The summed E-state index contributed by atoms with van der Waals surface area (Å²) < 4.78 is 10.3. The third kappa shape index (κ3) is 7.01. The SMILES string of the molecule is C=CCC(=O)OCC(C)/C=C/C(C)CN1CCN(CC(O)c2ccc3c(c2C)COC3=O)CC1. The second kappa shape index (κ2) is 12.3. The van der Waals surface area contributed by atoms with Crippen LogP contribution >= 0.6 is 0 Å². The molecular weight excluding hydrogens is 432 g/mol. The number of aliphatic hydroxyl groups excluding tert-OH is 1. The first-order valence-electron chi connectivity index (χ1n) is 12.2. The average Bonchev–Trinajstić information content (AvgIpc) is 3.19. The summed E-state index contributed by atoms with van der Waals surface area (Å²) in [5.74, 6) is 0.0758. The van der Waals surface area contributed by atoms with E-state index < -0.39 is 6.10 Å². The van der Waals surface area contributed by atoms with E-state index in [-0.39, 0.29) is 24.3 Å². The Hall–Kier alpha value is -2.48. The minimum atomic E-state index is -0.587. The zero-order valence-electron chi connectivity index (χ0n) is 20.7. The number of carbonyl (C=O) groups excluding carboxylic acids is 2. The van der Waals surface area contributed by atoms with Crippen molar-refractivity contribution in [2.24, 2.45) is 11.8 Å². The van der Waals surface area contributed by atoms with Crippen molar-refractivity contribution >= 4 is 11.9 Å². The van der Waals surface area contributed by atoms with Crippen LogP contribution in [0.1, 0.15) is 53.4 Å². The van der Waals surface area contributed by atoms with Crippen LogP contribution < -0.4 is 0 Å². The number of benzene rings is 1. The van der Waals surface area contributed by atoms with Crippen molar-refractivity contribution in [3.05, 3.63) is 59.2 Å². The van der Waals surface area contributed by atoms with Gasteiger partial charge in [-0.1, -0.05) is 38.1 Å². The second-order valence-electron chi connectivity index (χ2n) is 9.51. The van der Waals surface area contributed by atoms with Gasteiger partial charge in [-0.05, 0) is 30.0 Å². The summed E-state index contributed by atoms with van der Waals surface area (Å²) in [7, 11) is 0. The van der Waals surface area contributed by atoms with Crippen molar-refractivity contribution in [1.29, 1.82) is 0 Å². The predicted octanol–water partition coefficient (Wildman–Crippen LogP) is 3.26. The highest BCUT2D eigenvalue weighted by Crippen LogP contribution is 2.29. The van der Waals surface area contributed by atoms with E-state index in [1.807, 2.05) is 19.9 Å². The van der Waals surface area contributed by atoms with Crippen LogP contribution in [0.5, 0.6) is 0 Å². The summed E-state index contributed by atoms with van der Waals surface area (Å²) in [6.07, 6.45) is 5.54. The molecule has 2 heterocycles. The first kappa shape index (κ1) is 26.1. The largest absolute Gasteiger partial charge is 0.465 e. The van der Waals surface area contributed by atoms with Gasteiger partial charge in [0.2, 0.25) is 0 Å². The normalized spacial score (nSPS) is 19.5. The molecule has 1 aromatic carbocycles. The molecule has 7 heteroatoms. The number of ether oxygens (including phenoxy) is 2. The Labute approximate surface area is 203 Å². The first-order chi connectivity index (χ1) is 16.3. The highest BCUT2D eigenvalue weighted by molar-refractivity contribution is 5.93. The number of nitrogens with zero attached hydrogens (tertiary/aromatic N) is 2. The second-order valence-corrected chi connectivity index (χ2v) is 9.51. The van der Waals surface area contributed by atoms with Gasteiger partial charge in [0.15, 0.2) is 0 Å². The number of rotatable bonds is 11. The Bertz CT molecular complexity index is 905. The topological polar surface area (TPSA) is 79.3 Å². The van der Waals surface area contributed by atoms with E-state index in [0.29, 0.717) is 31.2 Å². The fourth-order valence-corrected chi connectivity index (χ4v) is 4.53. The van der Waals surface area contributed by atoms with Crippen LogP contribution in [-0.4, -0.2) is 72.7 Å². The van der Waals surface area contributed by atoms with Crippen LogP contribution in [0.3, 0.4) is 0 Å². The van der Waals surface area contributed by atoms with E-state index in [4.69, 9.17) is 9.47 Å². The summed E-state index contributed by atoms with van der Waals surface area (Å²) in [6, 6.07) is 3.63. The summed E-state index contributed by atoms with van der Waals surface area (Å²) in [4.78, 5) is 27.9. The van der Waals surface area contributed by atoms with Crippen molar-refractivity contribution in [3.8, 4) is 0 Å². The molecule has 1 N–H and O–H groups in total. The lowest BCUT2D eigenvalue weighted by molar-refractivity contribution is -0.143. The Balaban J connectivity index is 1.40. The van der Waals surface area contributed by atoms with Gasteiger partial charge in [-0.3, -0.25) is 9.69 Å². The van der Waals surface area contributed by atoms with Gasteiger partial charge in [-0.25, -0.2) is 4.79 Å². The van der Waals surface area contributed by atoms with Gasteiger partial charge >= 0.3 is 11.9 Å². The Morgan fingerprint density at radius 2 is 1.79 bits per heavy atom. The minimum absolute atomic E-state index is 0.182. The van der Waals surface area contributed by atoms with Crippen molar-refractivity contribution in [2.45, 2.75) is 39.9 Å². The van der Waals surface area contributed by atoms with Crippen molar-refractivity contribution in [1.82, 2.24) is 9.80 Å². The monoisotopic (exact) mass is 470 g/mol. The van der Waals surface area contributed by atoms with E-state index in [1.54, 1.807) is 12.1 Å². The lowest BCUT2D eigenvalue weighted by atomic mass is 9.95. The Kier molecular flexibility index (Phi) is 9.45. The molecule has 3 atom stereocenters. The Morgan fingerprint density at radius 3 is 2.47 bits per heavy atom. The summed E-state index contributed by atoms with van der Waals surface area (Å²) >= 11 is 0. The maximum Gasteiger partial charge on any atom is 0.338 e. The lowest BCUT2D eigenvalue weighted by Gasteiger charge is -2.36. The Morgan fingerprint density at radius 1 is 1.15 bits per heavy atom. The molecule has 0 amide bonds. The molecule has 0 saturated carbocycles. The quantitative estimate of drug-likeness (QED) is 0.393. The average molecular weight is 471 g/mol. The van der Waals surface area contributed by atoms with Gasteiger partial charge < -0.3 is 19.5 Å². The zero-order valence-corrected chi connectivity index (χ0v) is 20.7. The number of piperazine rings is 1. The molecule has 2 aliphatic heterocycles. The first-order valence-corrected chi connectivity index (χ1v) is 12.2. The molecule has 0 bridgehead atoms. The van der Waals surface area contributed by atoms with E-state index >= 15 is 0 Å². The molecule has 0 radical (unpaired) electrons. The van der Waals surface area contributed by atoms with E-state index in [0.717, 1.165) is 49.4 Å². The number of cyclic esters (lactones) is 1. The van der Waals surface area contributed by atoms with Gasteiger partial charge in [0.05, 0.1) is 24.7 Å². The molecule has 7 nitrogen and oxygen atoms in total. The molecule has 1 saturated heterocycles. The summed E-state index contributed by atoms with van der Waals surface area (Å²) in [6.45, 7) is 15.7. The van der Waals surface area contributed by atoms with Crippen LogP contribution in [0.4, 0.5) is 0 Å². The minimum Gasteiger partial charge on any atom is -0.465 e. The van der Waals surface area contributed by atoms with Crippen LogP contribution in [0.25, 0.3) is 0 Å². The smallest absolute Gasteiger partial charge is 0.338 e. The van der Waals surface area contributed by atoms with Gasteiger partial charge in [0.1, 0.15) is 6.61 Å². The van der Waals surface area contributed by atoms with Crippen molar-refractivity contribution < 1.29 is 24.2 Å².